The molecule has 0 spiro atoms. The molecule has 17 heavy (non-hydrogen) atoms. The number of rotatable bonds is 2. The standard InChI is InChI=1S/C16H22O/c1-16(2,3)11-10-13-7-4-6-12-8-5-9-14(17)15(12)13/h4,6-7H,5,8-11H2,1-3H3. The number of ketones is 1. The Morgan fingerprint density at radius 1 is 1.18 bits per heavy atom. The van der Waals surface area contributed by atoms with E-state index in [9.17, 15) is 4.79 Å². The van der Waals surface area contributed by atoms with Crippen LogP contribution in [0.2, 0.25) is 0 Å². The number of aryl methyl sites for hydroxylation is 2. The second kappa shape index (κ2) is 4.64. The highest BCUT2D eigenvalue weighted by Gasteiger charge is 2.21. The van der Waals surface area contributed by atoms with Crippen LogP contribution < -0.4 is 0 Å². The van der Waals surface area contributed by atoms with Crippen LogP contribution in [0.3, 0.4) is 0 Å². The Balaban J connectivity index is 2.26. The molecule has 2 rings (SSSR count). The summed E-state index contributed by atoms with van der Waals surface area (Å²) in [5.41, 5.74) is 3.92. The summed E-state index contributed by atoms with van der Waals surface area (Å²) in [6, 6.07) is 6.36. The molecule has 1 nitrogen and oxygen atoms in total. The molecule has 0 heterocycles. The van der Waals surface area contributed by atoms with Gasteiger partial charge < -0.3 is 0 Å². The predicted molar refractivity (Wildman–Crippen MR) is 71.5 cm³/mol. The van der Waals surface area contributed by atoms with Crippen LogP contribution in [0.4, 0.5) is 0 Å². The maximum Gasteiger partial charge on any atom is 0.163 e. The molecule has 1 aliphatic rings. The molecule has 0 saturated heterocycles. The van der Waals surface area contributed by atoms with Crippen molar-refractivity contribution in [3.63, 3.8) is 0 Å². The van der Waals surface area contributed by atoms with Crippen LogP contribution in [-0.2, 0) is 12.8 Å². The summed E-state index contributed by atoms with van der Waals surface area (Å²) in [4.78, 5) is 12.0. The van der Waals surface area contributed by atoms with Crippen molar-refractivity contribution in [2.24, 2.45) is 5.41 Å². The lowest BCUT2D eigenvalue weighted by Gasteiger charge is -2.22. The second-order valence-electron chi connectivity index (χ2n) is 6.29. The molecule has 1 heteroatoms. The number of carbonyl (C=O) groups excluding carboxylic acids is 1. The van der Waals surface area contributed by atoms with Gasteiger partial charge in [0.1, 0.15) is 0 Å². The average Bonchev–Trinajstić information content (AvgIpc) is 2.25. The van der Waals surface area contributed by atoms with E-state index in [4.69, 9.17) is 0 Å². The summed E-state index contributed by atoms with van der Waals surface area (Å²) in [6.07, 6.45) is 4.99. The van der Waals surface area contributed by atoms with Gasteiger partial charge in [0.25, 0.3) is 0 Å². The number of Topliss-reactive ketones (excluding diaryl/α,β-unsaturated/α-hetero) is 1. The molecule has 0 bridgehead atoms. The van der Waals surface area contributed by atoms with Gasteiger partial charge in [0.05, 0.1) is 0 Å². The fourth-order valence-corrected chi connectivity index (χ4v) is 2.50. The lowest BCUT2D eigenvalue weighted by molar-refractivity contribution is 0.0971. The van der Waals surface area contributed by atoms with E-state index in [1.54, 1.807) is 0 Å². The molecule has 92 valence electrons. The first kappa shape index (κ1) is 12.3. The monoisotopic (exact) mass is 230 g/mol. The van der Waals surface area contributed by atoms with Crippen molar-refractivity contribution in [2.45, 2.75) is 52.9 Å². The molecule has 0 radical (unpaired) electrons. The topological polar surface area (TPSA) is 17.1 Å². The third-order valence-corrected chi connectivity index (χ3v) is 3.51. The van der Waals surface area contributed by atoms with Crippen LogP contribution in [0.15, 0.2) is 18.2 Å². The van der Waals surface area contributed by atoms with Crippen molar-refractivity contribution in [3.8, 4) is 0 Å². The third-order valence-electron chi connectivity index (χ3n) is 3.51. The fourth-order valence-electron chi connectivity index (χ4n) is 2.50. The minimum atomic E-state index is 0.334. The summed E-state index contributed by atoms with van der Waals surface area (Å²) in [5.74, 6) is 0.357. The average molecular weight is 230 g/mol. The molecule has 0 fully saturated rings. The maximum absolute atomic E-state index is 12.0. The number of fused-ring (bicyclic) bond motifs is 1. The van der Waals surface area contributed by atoms with Gasteiger partial charge in [0.15, 0.2) is 5.78 Å². The minimum absolute atomic E-state index is 0.334. The Bertz CT molecular complexity index is 424. The lowest BCUT2D eigenvalue weighted by Crippen LogP contribution is -2.15. The maximum atomic E-state index is 12.0. The predicted octanol–water partition coefficient (Wildman–Crippen LogP) is 4.18. The number of benzene rings is 1. The summed E-state index contributed by atoms with van der Waals surface area (Å²) >= 11 is 0. The van der Waals surface area contributed by atoms with Crippen LogP contribution >= 0.6 is 0 Å². The highest BCUT2D eigenvalue weighted by Crippen LogP contribution is 2.28. The highest BCUT2D eigenvalue weighted by atomic mass is 16.1. The molecular formula is C16H22O. The molecule has 1 aromatic carbocycles. The zero-order valence-corrected chi connectivity index (χ0v) is 11.2. The smallest absolute Gasteiger partial charge is 0.163 e. The summed E-state index contributed by atoms with van der Waals surface area (Å²) in [6.45, 7) is 6.76. The summed E-state index contributed by atoms with van der Waals surface area (Å²) in [7, 11) is 0. The van der Waals surface area contributed by atoms with E-state index in [1.165, 1.54) is 11.1 Å². The van der Waals surface area contributed by atoms with Gasteiger partial charge in [-0.05, 0) is 42.2 Å². The fraction of sp³-hybridized carbons (Fsp3) is 0.562. The molecule has 0 saturated carbocycles. The van der Waals surface area contributed by atoms with Crippen LogP contribution in [0.1, 0.15) is 61.5 Å². The molecular weight excluding hydrogens is 208 g/mol. The van der Waals surface area contributed by atoms with Gasteiger partial charge in [-0.15, -0.1) is 0 Å². The van der Waals surface area contributed by atoms with E-state index in [1.807, 2.05) is 0 Å². The van der Waals surface area contributed by atoms with E-state index in [-0.39, 0.29) is 0 Å². The van der Waals surface area contributed by atoms with Gasteiger partial charge in [-0.1, -0.05) is 39.0 Å². The molecule has 0 amide bonds. The van der Waals surface area contributed by atoms with Crippen molar-refractivity contribution < 1.29 is 4.79 Å². The normalized spacial score (nSPS) is 15.8. The van der Waals surface area contributed by atoms with Gasteiger partial charge >= 0.3 is 0 Å². The Labute approximate surface area is 104 Å². The summed E-state index contributed by atoms with van der Waals surface area (Å²) in [5, 5.41) is 0. The first-order valence-corrected chi connectivity index (χ1v) is 6.61. The molecule has 0 aromatic heterocycles. The Kier molecular flexibility index (Phi) is 3.37. The third kappa shape index (κ3) is 2.96. The van der Waals surface area contributed by atoms with Crippen molar-refractivity contribution in [2.75, 3.05) is 0 Å². The van der Waals surface area contributed by atoms with Gasteiger partial charge in [0.2, 0.25) is 0 Å². The number of hydrogen-bond acceptors (Lipinski definition) is 1. The molecule has 0 aliphatic heterocycles. The van der Waals surface area contributed by atoms with Crippen molar-refractivity contribution in [1.82, 2.24) is 0 Å². The van der Waals surface area contributed by atoms with Crippen LogP contribution in [0.5, 0.6) is 0 Å². The van der Waals surface area contributed by atoms with Crippen molar-refractivity contribution >= 4 is 5.78 Å². The van der Waals surface area contributed by atoms with Crippen LogP contribution in [0, 0.1) is 5.41 Å². The van der Waals surface area contributed by atoms with Crippen molar-refractivity contribution in [3.05, 3.63) is 34.9 Å². The van der Waals surface area contributed by atoms with Gasteiger partial charge in [-0.25, -0.2) is 0 Å². The number of hydrogen-bond donors (Lipinski definition) is 0. The van der Waals surface area contributed by atoms with Crippen LogP contribution in [-0.4, -0.2) is 5.78 Å². The Morgan fingerprint density at radius 2 is 1.94 bits per heavy atom. The van der Waals surface area contributed by atoms with E-state index >= 15 is 0 Å². The first-order valence-electron chi connectivity index (χ1n) is 6.61. The summed E-state index contributed by atoms with van der Waals surface area (Å²) < 4.78 is 0. The Morgan fingerprint density at radius 3 is 2.65 bits per heavy atom. The van der Waals surface area contributed by atoms with E-state index in [2.05, 4.69) is 39.0 Å². The van der Waals surface area contributed by atoms with E-state index in [0.29, 0.717) is 11.2 Å². The highest BCUT2D eigenvalue weighted by molar-refractivity contribution is 5.99. The van der Waals surface area contributed by atoms with E-state index in [0.717, 1.165) is 37.7 Å². The largest absolute Gasteiger partial charge is 0.294 e. The van der Waals surface area contributed by atoms with E-state index < -0.39 is 0 Å². The molecule has 0 unspecified atom stereocenters. The SMILES string of the molecule is CC(C)(C)CCc1cccc2c1C(=O)CCC2. The Hall–Kier alpha value is -1.11. The van der Waals surface area contributed by atoms with Gasteiger partial charge in [-0.2, -0.15) is 0 Å². The van der Waals surface area contributed by atoms with Gasteiger partial charge in [-0.3, -0.25) is 4.79 Å². The zero-order chi connectivity index (χ0) is 12.5. The number of carbonyl (C=O) groups is 1. The van der Waals surface area contributed by atoms with Crippen molar-refractivity contribution in [1.29, 1.82) is 0 Å². The quantitative estimate of drug-likeness (QED) is 0.744. The minimum Gasteiger partial charge on any atom is -0.294 e. The van der Waals surface area contributed by atoms with Crippen LogP contribution in [0.25, 0.3) is 0 Å². The molecule has 0 N–H and O–H groups in total. The molecule has 1 aromatic rings. The first-order chi connectivity index (χ1) is 7.97. The second-order valence-corrected chi connectivity index (χ2v) is 6.29. The van der Waals surface area contributed by atoms with Gasteiger partial charge in [0, 0.05) is 12.0 Å². The lowest BCUT2D eigenvalue weighted by atomic mass is 9.83. The molecule has 0 atom stereocenters. The molecule has 1 aliphatic carbocycles. The zero-order valence-electron chi connectivity index (χ0n) is 11.2.